The van der Waals surface area contributed by atoms with Gasteiger partial charge < -0.3 is 14.7 Å². The third-order valence-electron chi connectivity index (χ3n) is 3.09. The molecule has 6 nitrogen and oxygen atoms in total. The topological polar surface area (TPSA) is 67.1 Å². The van der Waals surface area contributed by atoms with Crippen LogP contribution in [0.15, 0.2) is 10.9 Å². The quantitative estimate of drug-likeness (QED) is 0.783. The van der Waals surface area contributed by atoms with E-state index in [0.29, 0.717) is 11.8 Å². The Labute approximate surface area is 99.0 Å². The maximum Gasteiger partial charge on any atom is 0.263 e. The maximum atomic E-state index is 5.16. The molecule has 1 aliphatic heterocycles. The van der Waals surface area contributed by atoms with E-state index >= 15 is 0 Å². The fourth-order valence-corrected chi connectivity index (χ4v) is 2.27. The normalized spacial score (nSPS) is 21.1. The van der Waals surface area contributed by atoms with Gasteiger partial charge in [-0.05, 0) is 13.8 Å². The molecular formula is C11H15N5O. The van der Waals surface area contributed by atoms with Crippen LogP contribution in [-0.4, -0.2) is 40.8 Å². The molecule has 1 fully saturated rings. The molecule has 0 spiro atoms. The monoisotopic (exact) mass is 233 g/mol. The highest BCUT2D eigenvalue weighted by molar-refractivity contribution is 5.87. The summed E-state index contributed by atoms with van der Waals surface area (Å²) in [5.74, 6) is 0.933. The number of rotatable bonds is 1. The van der Waals surface area contributed by atoms with Crippen molar-refractivity contribution in [1.82, 2.24) is 20.4 Å². The van der Waals surface area contributed by atoms with Crippen LogP contribution in [0.2, 0.25) is 0 Å². The van der Waals surface area contributed by atoms with Crippen LogP contribution in [0.4, 0.5) is 5.82 Å². The van der Waals surface area contributed by atoms with Crippen LogP contribution < -0.4 is 10.2 Å². The highest BCUT2D eigenvalue weighted by Crippen LogP contribution is 2.26. The molecule has 6 heteroatoms. The molecule has 90 valence electrons. The van der Waals surface area contributed by atoms with E-state index in [9.17, 15) is 0 Å². The smallest absolute Gasteiger partial charge is 0.263 e. The molecule has 1 N–H and O–H groups in total. The van der Waals surface area contributed by atoms with Gasteiger partial charge in [-0.1, -0.05) is 5.16 Å². The van der Waals surface area contributed by atoms with Gasteiger partial charge in [0.2, 0.25) is 0 Å². The molecule has 3 heterocycles. The second kappa shape index (κ2) is 3.96. The predicted molar refractivity (Wildman–Crippen MR) is 64.0 cm³/mol. The van der Waals surface area contributed by atoms with E-state index in [1.165, 1.54) is 6.33 Å². The van der Waals surface area contributed by atoms with Gasteiger partial charge in [-0.3, -0.25) is 0 Å². The SMILES string of the molecule is Cc1noc2ncnc(N3CCNC(C)C3)c12. The molecule has 0 radical (unpaired) electrons. The van der Waals surface area contributed by atoms with Crippen molar-refractivity contribution in [3.05, 3.63) is 12.0 Å². The van der Waals surface area contributed by atoms with Crippen LogP contribution in [0.1, 0.15) is 12.6 Å². The fraction of sp³-hybridized carbons (Fsp3) is 0.545. The summed E-state index contributed by atoms with van der Waals surface area (Å²) in [5.41, 5.74) is 1.42. The number of anilines is 1. The number of fused-ring (bicyclic) bond motifs is 1. The van der Waals surface area contributed by atoms with Gasteiger partial charge in [-0.2, -0.15) is 4.98 Å². The molecule has 2 aromatic heterocycles. The number of aryl methyl sites for hydroxylation is 1. The summed E-state index contributed by atoms with van der Waals surface area (Å²) in [6.07, 6.45) is 1.54. The Morgan fingerprint density at radius 2 is 2.35 bits per heavy atom. The highest BCUT2D eigenvalue weighted by Gasteiger charge is 2.21. The lowest BCUT2D eigenvalue weighted by Gasteiger charge is -2.32. The van der Waals surface area contributed by atoms with Crippen molar-refractivity contribution in [3.63, 3.8) is 0 Å². The minimum Gasteiger partial charge on any atom is -0.353 e. The third kappa shape index (κ3) is 1.74. The number of hydrogen-bond acceptors (Lipinski definition) is 6. The molecule has 3 rings (SSSR count). The minimum absolute atomic E-state index is 0.467. The van der Waals surface area contributed by atoms with Crippen LogP contribution in [0, 0.1) is 6.92 Å². The first-order chi connectivity index (χ1) is 8.25. The molecule has 1 atom stereocenters. The molecule has 0 saturated carbocycles. The molecule has 1 saturated heterocycles. The summed E-state index contributed by atoms with van der Waals surface area (Å²) < 4.78 is 5.16. The molecule has 0 aromatic carbocycles. The van der Waals surface area contributed by atoms with Crippen molar-refractivity contribution < 1.29 is 4.52 Å². The first-order valence-electron chi connectivity index (χ1n) is 5.81. The van der Waals surface area contributed by atoms with Gasteiger partial charge >= 0.3 is 0 Å². The molecular weight excluding hydrogens is 218 g/mol. The van der Waals surface area contributed by atoms with Crippen molar-refractivity contribution in [3.8, 4) is 0 Å². The van der Waals surface area contributed by atoms with E-state index in [1.54, 1.807) is 0 Å². The number of aromatic nitrogens is 3. The van der Waals surface area contributed by atoms with Gasteiger partial charge in [0.1, 0.15) is 17.5 Å². The Kier molecular flexibility index (Phi) is 2.44. The lowest BCUT2D eigenvalue weighted by Crippen LogP contribution is -2.49. The number of hydrogen-bond donors (Lipinski definition) is 1. The van der Waals surface area contributed by atoms with Gasteiger partial charge in [0.25, 0.3) is 5.71 Å². The van der Waals surface area contributed by atoms with E-state index < -0.39 is 0 Å². The maximum absolute atomic E-state index is 5.16. The molecule has 0 aliphatic carbocycles. The number of nitrogens with zero attached hydrogens (tertiary/aromatic N) is 4. The second-order valence-electron chi connectivity index (χ2n) is 4.45. The Balaban J connectivity index is 2.07. The fourth-order valence-electron chi connectivity index (χ4n) is 2.27. The lowest BCUT2D eigenvalue weighted by molar-refractivity contribution is 0.442. The Morgan fingerprint density at radius 1 is 1.47 bits per heavy atom. The van der Waals surface area contributed by atoms with Crippen molar-refractivity contribution in [2.75, 3.05) is 24.5 Å². The Morgan fingerprint density at radius 3 is 3.18 bits per heavy atom. The van der Waals surface area contributed by atoms with Gasteiger partial charge in [0.05, 0.1) is 5.69 Å². The second-order valence-corrected chi connectivity index (χ2v) is 4.45. The lowest BCUT2D eigenvalue weighted by atomic mass is 10.2. The Bertz CT molecular complexity index is 538. The van der Waals surface area contributed by atoms with E-state index in [-0.39, 0.29) is 0 Å². The zero-order valence-corrected chi connectivity index (χ0v) is 9.97. The predicted octanol–water partition coefficient (Wildman–Crippen LogP) is 0.724. The van der Waals surface area contributed by atoms with Crippen LogP contribution in [-0.2, 0) is 0 Å². The summed E-state index contributed by atoms with van der Waals surface area (Å²) in [5, 5.41) is 8.30. The standard InChI is InChI=1S/C11H15N5O/c1-7-5-16(4-3-12-7)10-9-8(2)15-17-11(9)14-6-13-10/h6-7,12H,3-5H2,1-2H3. The van der Waals surface area contributed by atoms with Crippen molar-refractivity contribution in [2.45, 2.75) is 19.9 Å². The largest absolute Gasteiger partial charge is 0.353 e. The molecule has 0 amide bonds. The molecule has 17 heavy (non-hydrogen) atoms. The number of nitrogens with one attached hydrogen (secondary N) is 1. The Hall–Kier alpha value is -1.69. The summed E-state index contributed by atoms with van der Waals surface area (Å²) >= 11 is 0. The third-order valence-corrected chi connectivity index (χ3v) is 3.09. The zero-order valence-electron chi connectivity index (χ0n) is 9.97. The van der Waals surface area contributed by atoms with Crippen LogP contribution in [0.3, 0.4) is 0 Å². The van der Waals surface area contributed by atoms with Crippen LogP contribution in [0.5, 0.6) is 0 Å². The van der Waals surface area contributed by atoms with Crippen molar-refractivity contribution in [2.24, 2.45) is 0 Å². The summed E-state index contributed by atoms with van der Waals surface area (Å²) in [6, 6.07) is 0.467. The summed E-state index contributed by atoms with van der Waals surface area (Å²) in [4.78, 5) is 10.7. The van der Waals surface area contributed by atoms with Gasteiger partial charge in [0, 0.05) is 25.7 Å². The van der Waals surface area contributed by atoms with E-state index in [4.69, 9.17) is 4.52 Å². The summed E-state index contributed by atoms with van der Waals surface area (Å²) in [7, 11) is 0. The average molecular weight is 233 g/mol. The van der Waals surface area contributed by atoms with Crippen LogP contribution in [0.25, 0.3) is 11.1 Å². The van der Waals surface area contributed by atoms with Crippen molar-refractivity contribution in [1.29, 1.82) is 0 Å². The van der Waals surface area contributed by atoms with E-state index in [2.05, 4.69) is 32.3 Å². The first-order valence-corrected chi connectivity index (χ1v) is 5.81. The van der Waals surface area contributed by atoms with Gasteiger partial charge in [-0.25, -0.2) is 4.98 Å². The summed E-state index contributed by atoms with van der Waals surface area (Å²) in [6.45, 7) is 6.95. The highest BCUT2D eigenvalue weighted by atomic mass is 16.5. The van der Waals surface area contributed by atoms with Gasteiger partial charge in [0.15, 0.2) is 0 Å². The number of piperazine rings is 1. The molecule has 2 aromatic rings. The minimum atomic E-state index is 0.467. The average Bonchev–Trinajstić information content (AvgIpc) is 2.71. The first kappa shape index (κ1) is 10.5. The van der Waals surface area contributed by atoms with E-state index in [0.717, 1.165) is 36.5 Å². The molecule has 0 bridgehead atoms. The van der Waals surface area contributed by atoms with E-state index in [1.807, 2.05) is 6.92 Å². The molecule has 1 aliphatic rings. The zero-order chi connectivity index (χ0) is 11.8. The van der Waals surface area contributed by atoms with Crippen molar-refractivity contribution >= 4 is 16.9 Å². The van der Waals surface area contributed by atoms with Crippen LogP contribution >= 0.6 is 0 Å². The van der Waals surface area contributed by atoms with Gasteiger partial charge in [-0.15, -0.1) is 0 Å². The molecule has 1 unspecified atom stereocenters.